The summed E-state index contributed by atoms with van der Waals surface area (Å²) in [5.41, 5.74) is 2.60. The van der Waals surface area contributed by atoms with E-state index in [0.29, 0.717) is 5.92 Å². The van der Waals surface area contributed by atoms with Crippen LogP contribution in [-0.2, 0) is 6.42 Å². The zero-order valence-corrected chi connectivity index (χ0v) is 8.75. The number of benzene rings is 1. The summed E-state index contributed by atoms with van der Waals surface area (Å²) in [7, 11) is 0. The zero-order chi connectivity index (χ0) is 10.1. The molecule has 0 bridgehead atoms. The monoisotopic (exact) mass is 188 g/mol. The van der Waals surface area contributed by atoms with E-state index in [1.165, 1.54) is 11.3 Å². The van der Waals surface area contributed by atoms with Crippen molar-refractivity contribution in [1.29, 1.82) is 5.41 Å². The second-order valence-corrected chi connectivity index (χ2v) is 4.07. The third kappa shape index (κ3) is 1.41. The summed E-state index contributed by atoms with van der Waals surface area (Å²) in [5.74, 6) is 1.04. The zero-order valence-electron chi connectivity index (χ0n) is 8.75. The lowest BCUT2D eigenvalue weighted by atomic mass is 10.1. The van der Waals surface area contributed by atoms with Crippen LogP contribution in [0.5, 0.6) is 0 Å². The number of hydrogen-bond acceptors (Lipinski definition) is 1. The maximum Gasteiger partial charge on any atom is 0.103 e. The topological polar surface area (TPSA) is 27.1 Å². The first-order valence-electron chi connectivity index (χ1n) is 5.14. The Balaban J connectivity index is 2.30. The van der Waals surface area contributed by atoms with Crippen LogP contribution in [0.3, 0.4) is 0 Å². The fourth-order valence-electron chi connectivity index (χ4n) is 1.90. The van der Waals surface area contributed by atoms with Gasteiger partial charge in [-0.15, -0.1) is 0 Å². The molecule has 0 amide bonds. The quantitative estimate of drug-likeness (QED) is 0.532. The number of nitrogens with one attached hydrogen (secondary N) is 1. The Hall–Kier alpha value is -1.31. The molecule has 0 fully saturated rings. The second kappa shape index (κ2) is 3.45. The lowest BCUT2D eigenvalue weighted by Crippen LogP contribution is -2.31. The van der Waals surface area contributed by atoms with Gasteiger partial charge >= 0.3 is 0 Å². The normalized spacial score (nSPS) is 14.6. The first-order valence-corrected chi connectivity index (χ1v) is 5.14. The Morgan fingerprint density at radius 1 is 1.36 bits per heavy atom. The minimum atomic E-state index is 0.307. The van der Waals surface area contributed by atoms with Crippen LogP contribution in [0.4, 0.5) is 5.69 Å². The Morgan fingerprint density at radius 2 is 2.07 bits per heavy atom. The van der Waals surface area contributed by atoms with E-state index in [9.17, 15) is 0 Å². The predicted molar refractivity (Wildman–Crippen MR) is 60.1 cm³/mol. The van der Waals surface area contributed by atoms with E-state index in [4.69, 9.17) is 5.41 Å². The molecule has 74 valence electrons. The number of para-hydroxylation sites is 1. The van der Waals surface area contributed by atoms with Gasteiger partial charge in [0.15, 0.2) is 0 Å². The molecule has 2 heteroatoms. The van der Waals surface area contributed by atoms with Gasteiger partial charge in [-0.25, -0.2) is 0 Å². The van der Waals surface area contributed by atoms with Crippen molar-refractivity contribution in [2.75, 3.05) is 11.4 Å². The summed E-state index contributed by atoms with van der Waals surface area (Å²) in [6.45, 7) is 5.11. The predicted octanol–water partition coefficient (Wildman–Crippen LogP) is 2.68. The smallest absolute Gasteiger partial charge is 0.103 e. The number of anilines is 1. The SMILES string of the molecule is CC(C)C(=N)N1CCc2ccccc21. The molecule has 1 aliphatic rings. The van der Waals surface area contributed by atoms with E-state index in [0.717, 1.165) is 18.8 Å². The summed E-state index contributed by atoms with van der Waals surface area (Å²) in [4.78, 5) is 2.12. The average molecular weight is 188 g/mol. The van der Waals surface area contributed by atoms with E-state index < -0.39 is 0 Å². The Morgan fingerprint density at radius 3 is 2.79 bits per heavy atom. The molecule has 2 rings (SSSR count). The van der Waals surface area contributed by atoms with E-state index >= 15 is 0 Å². The lowest BCUT2D eigenvalue weighted by Gasteiger charge is -2.22. The first kappa shape index (κ1) is 9.25. The van der Waals surface area contributed by atoms with Gasteiger partial charge in [-0.2, -0.15) is 0 Å². The van der Waals surface area contributed by atoms with Crippen LogP contribution in [0.1, 0.15) is 19.4 Å². The summed E-state index contributed by atoms with van der Waals surface area (Å²) < 4.78 is 0. The van der Waals surface area contributed by atoms with Crippen LogP contribution in [0.2, 0.25) is 0 Å². The molecule has 0 radical (unpaired) electrons. The van der Waals surface area contributed by atoms with Gasteiger partial charge in [0.1, 0.15) is 5.84 Å². The van der Waals surface area contributed by atoms with Crippen LogP contribution in [-0.4, -0.2) is 12.4 Å². The molecule has 0 aliphatic carbocycles. The first-order chi connectivity index (χ1) is 6.70. The maximum absolute atomic E-state index is 8.00. The van der Waals surface area contributed by atoms with Crippen molar-refractivity contribution >= 4 is 11.5 Å². The fraction of sp³-hybridized carbons (Fsp3) is 0.417. The van der Waals surface area contributed by atoms with Gasteiger partial charge in [0.2, 0.25) is 0 Å². The molecule has 0 saturated heterocycles. The van der Waals surface area contributed by atoms with Gasteiger partial charge in [-0.1, -0.05) is 32.0 Å². The van der Waals surface area contributed by atoms with Crippen LogP contribution < -0.4 is 4.90 Å². The highest BCUT2D eigenvalue weighted by Crippen LogP contribution is 2.28. The largest absolute Gasteiger partial charge is 0.330 e. The summed E-state index contributed by atoms with van der Waals surface area (Å²) in [6, 6.07) is 8.38. The molecule has 0 aromatic heterocycles. The number of amidine groups is 1. The van der Waals surface area contributed by atoms with Crippen molar-refractivity contribution in [3.8, 4) is 0 Å². The highest BCUT2D eigenvalue weighted by molar-refractivity contribution is 5.98. The molecule has 14 heavy (non-hydrogen) atoms. The van der Waals surface area contributed by atoms with Gasteiger partial charge in [-0.05, 0) is 18.1 Å². The molecule has 1 aromatic rings. The van der Waals surface area contributed by atoms with Crippen molar-refractivity contribution in [3.63, 3.8) is 0 Å². The van der Waals surface area contributed by atoms with E-state index in [1.807, 2.05) is 6.07 Å². The van der Waals surface area contributed by atoms with Crippen molar-refractivity contribution < 1.29 is 0 Å². The molecule has 2 nitrogen and oxygen atoms in total. The van der Waals surface area contributed by atoms with Crippen molar-refractivity contribution in [3.05, 3.63) is 29.8 Å². The van der Waals surface area contributed by atoms with Crippen LogP contribution in [0.15, 0.2) is 24.3 Å². The molecule has 0 saturated carbocycles. The molecule has 0 spiro atoms. The second-order valence-electron chi connectivity index (χ2n) is 4.07. The van der Waals surface area contributed by atoms with Gasteiger partial charge in [0.25, 0.3) is 0 Å². The van der Waals surface area contributed by atoms with E-state index in [2.05, 4.69) is 36.9 Å². The maximum atomic E-state index is 8.00. The molecular weight excluding hydrogens is 172 g/mol. The number of fused-ring (bicyclic) bond motifs is 1. The van der Waals surface area contributed by atoms with Gasteiger partial charge in [0.05, 0.1) is 0 Å². The molecule has 0 atom stereocenters. The molecule has 1 heterocycles. The summed E-state index contributed by atoms with van der Waals surface area (Å²) in [6.07, 6.45) is 1.07. The highest BCUT2D eigenvalue weighted by atomic mass is 15.2. The van der Waals surface area contributed by atoms with Crippen LogP contribution in [0.25, 0.3) is 0 Å². The van der Waals surface area contributed by atoms with E-state index in [-0.39, 0.29) is 0 Å². The Kier molecular flexibility index (Phi) is 2.28. The minimum absolute atomic E-state index is 0.307. The number of rotatable bonds is 1. The van der Waals surface area contributed by atoms with Crippen molar-refractivity contribution in [1.82, 2.24) is 0 Å². The van der Waals surface area contributed by atoms with E-state index in [1.54, 1.807) is 0 Å². The van der Waals surface area contributed by atoms with Gasteiger partial charge in [-0.3, -0.25) is 5.41 Å². The third-order valence-corrected chi connectivity index (χ3v) is 2.72. The molecule has 1 N–H and O–H groups in total. The molecular formula is C12H16N2. The fourth-order valence-corrected chi connectivity index (χ4v) is 1.90. The molecule has 1 aliphatic heterocycles. The summed E-state index contributed by atoms with van der Waals surface area (Å²) in [5, 5.41) is 8.00. The average Bonchev–Trinajstić information content (AvgIpc) is 2.60. The van der Waals surface area contributed by atoms with Crippen molar-refractivity contribution in [2.45, 2.75) is 20.3 Å². The Bertz CT molecular complexity index is 355. The third-order valence-electron chi connectivity index (χ3n) is 2.72. The number of hydrogen-bond donors (Lipinski definition) is 1. The summed E-state index contributed by atoms with van der Waals surface area (Å²) >= 11 is 0. The van der Waals surface area contributed by atoms with Crippen LogP contribution >= 0.6 is 0 Å². The van der Waals surface area contributed by atoms with Gasteiger partial charge in [0, 0.05) is 18.2 Å². The highest BCUT2D eigenvalue weighted by Gasteiger charge is 2.22. The van der Waals surface area contributed by atoms with Gasteiger partial charge < -0.3 is 4.90 Å². The number of nitrogens with zero attached hydrogens (tertiary/aromatic N) is 1. The standard InChI is InChI=1S/C12H16N2/c1-9(2)12(13)14-8-7-10-5-3-4-6-11(10)14/h3-6,9,13H,7-8H2,1-2H3. The Labute approximate surface area is 85.1 Å². The molecule has 0 unspecified atom stereocenters. The van der Waals surface area contributed by atoms with Crippen molar-refractivity contribution in [2.24, 2.45) is 5.92 Å². The lowest BCUT2D eigenvalue weighted by molar-refractivity contribution is 0.833. The minimum Gasteiger partial charge on any atom is -0.330 e. The molecule has 1 aromatic carbocycles. The van der Waals surface area contributed by atoms with Crippen LogP contribution in [0, 0.1) is 11.3 Å².